The van der Waals surface area contributed by atoms with Crippen LogP contribution < -0.4 is 10.6 Å². The van der Waals surface area contributed by atoms with Crippen molar-refractivity contribution in [2.24, 2.45) is 12.0 Å². The number of aliphatic imine (C=N–C) groups is 1. The van der Waals surface area contributed by atoms with Gasteiger partial charge in [-0.05, 0) is 37.5 Å². The highest BCUT2D eigenvalue weighted by atomic mass is 127. The number of nitrogens with zero attached hydrogens (tertiary/aromatic N) is 3. The molecule has 1 atom stereocenters. The van der Waals surface area contributed by atoms with Crippen LogP contribution in [0.4, 0.5) is 0 Å². The summed E-state index contributed by atoms with van der Waals surface area (Å²) in [4.78, 5) is 4.68. The first-order valence-corrected chi connectivity index (χ1v) is 8.44. The molecule has 1 aromatic heterocycles. The third-order valence-corrected chi connectivity index (χ3v) is 4.67. The molecule has 120 valence electrons. The monoisotopic (exact) mass is 423 g/mol. The van der Waals surface area contributed by atoms with Crippen LogP contribution in [0.2, 0.25) is 0 Å². The van der Waals surface area contributed by atoms with E-state index in [1.165, 1.54) is 24.2 Å². The minimum atomic E-state index is 0. The molecule has 7 heteroatoms. The number of aromatic nitrogens is 2. The molecule has 0 amide bonds. The highest BCUT2D eigenvalue weighted by molar-refractivity contribution is 14.0. The molecule has 1 aromatic rings. The fourth-order valence-corrected chi connectivity index (χ4v) is 3.43. The number of hydrogen-bond donors (Lipinski definition) is 2. The number of guanidine groups is 1. The Morgan fingerprint density at radius 1 is 1.52 bits per heavy atom. The lowest BCUT2D eigenvalue weighted by Gasteiger charge is -2.12. The Kier molecular flexibility index (Phi) is 9.14. The van der Waals surface area contributed by atoms with Crippen molar-refractivity contribution in [2.45, 2.75) is 31.4 Å². The number of halogens is 1. The molecule has 5 nitrogen and oxygen atoms in total. The second-order valence-corrected chi connectivity index (χ2v) is 6.46. The normalized spacial score (nSPS) is 18.4. The number of hydrogen-bond acceptors (Lipinski definition) is 3. The maximum atomic E-state index is 4.68. The van der Waals surface area contributed by atoms with E-state index in [4.69, 9.17) is 0 Å². The average molecular weight is 423 g/mol. The van der Waals surface area contributed by atoms with Crippen LogP contribution in [0.25, 0.3) is 0 Å². The highest BCUT2D eigenvalue weighted by Gasteiger charge is 2.14. The van der Waals surface area contributed by atoms with Crippen LogP contribution in [-0.4, -0.2) is 46.4 Å². The van der Waals surface area contributed by atoms with Crippen molar-refractivity contribution < 1.29 is 0 Å². The Bertz CT molecular complexity index is 429. The third kappa shape index (κ3) is 6.90. The standard InChI is InChI=1S/C14H25N5S.HI/c1-3-15-14(17-10-13-5-4-8-20-13)16-7-6-12-9-18-19(2)11-12;/h9,11,13H,3-8,10H2,1-2H3,(H2,15,16,17);1H. The number of aryl methyl sites for hydroxylation is 1. The van der Waals surface area contributed by atoms with Gasteiger partial charge in [0, 0.05) is 31.6 Å². The maximum Gasteiger partial charge on any atom is 0.191 e. The molecule has 2 heterocycles. The first kappa shape index (κ1) is 18.6. The lowest BCUT2D eigenvalue weighted by molar-refractivity contribution is 0.758. The number of thioether (sulfide) groups is 1. The van der Waals surface area contributed by atoms with Crippen LogP contribution in [0.5, 0.6) is 0 Å². The molecule has 1 aliphatic heterocycles. The topological polar surface area (TPSA) is 54.2 Å². The SMILES string of the molecule is CCNC(=NCC1CCCS1)NCCc1cnn(C)c1.I. The summed E-state index contributed by atoms with van der Waals surface area (Å²) in [5.74, 6) is 2.23. The Morgan fingerprint density at radius 2 is 2.38 bits per heavy atom. The molecule has 1 aliphatic rings. The average Bonchev–Trinajstić information content (AvgIpc) is 3.08. The second-order valence-electron chi connectivity index (χ2n) is 5.05. The molecular weight excluding hydrogens is 397 g/mol. The Morgan fingerprint density at radius 3 is 3.00 bits per heavy atom. The minimum absolute atomic E-state index is 0. The van der Waals surface area contributed by atoms with Gasteiger partial charge >= 0.3 is 0 Å². The summed E-state index contributed by atoms with van der Waals surface area (Å²) in [6, 6.07) is 0. The molecular formula is C14H26IN5S. The zero-order chi connectivity index (χ0) is 14.2. The van der Waals surface area contributed by atoms with Crippen LogP contribution in [-0.2, 0) is 13.5 Å². The first-order chi connectivity index (χ1) is 9.78. The molecule has 0 aliphatic carbocycles. The van der Waals surface area contributed by atoms with Crippen molar-refractivity contribution in [3.05, 3.63) is 18.0 Å². The van der Waals surface area contributed by atoms with Crippen molar-refractivity contribution in [3.63, 3.8) is 0 Å². The molecule has 1 unspecified atom stereocenters. The largest absolute Gasteiger partial charge is 0.357 e. The van der Waals surface area contributed by atoms with Crippen molar-refractivity contribution in [1.29, 1.82) is 0 Å². The lowest BCUT2D eigenvalue weighted by Crippen LogP contribution is -2.38. The minimum Gasteiger partial charge on any atom is -0.357 e. The van der Waals surface area contributed by atoms with Crippen molar-refractivity contribution in [3.8, 4) is 0 Å². The fraction of sp³-hybridized carbons (Fsp3) is 0.714. The van der Waals surface area contributed by atoms with Gasteiger partial charge in [0.25, 0.3) is 0 Å². The molecule has 21 heavy (non-hydrogen) atoms. The van der Waals surface area contributed by atoms with E-state index in [1.54, 1.807) is 0 Å². The van der Waals surface area contributed by atoms with Crippen LogP contribution in [0.15, 0.2) is 17.4 Å². The Labute approximate surface area is 148 Å². The van der Waals surface area contributed by atoms with Gasteiger partial charge in [0.1, 0.15) is 0 Å². The van der Waals surface area contributed by atoms with Gasteiger partial charge in [0.15, 0.2) is 5.96 Å². The molecule has 0 spiro atoms. The van der Waals surface area contributed by atoms with Gasteiger partial charge in [-0.25, -0.2) is 0 Å². The van der Waals surface area contributed by atoms with E-state index in [9.17, 15) is 0 Å². The van der Waals surface area contributed by atoms with E-state index in [0.29, 0.717) is 5.25 Å². The smallest absolute Gasteiger partial charge is 0.191 e. The summed E-state index contributed by atoms with van der Waals surface area (Å²) < 4.78 is 1.84. The highest BCUT2D eigenvalue weighted by Crippen LogP contribution is 2.25. The van der Waals surface area contributed by atoms with E-state index in [0.717, 1.165) is 32.0 Å². The zero-order valence-corrected chi connectivity index (χ0v) is 16.0. The molecule has 0 saturated carbocycles. The van der Waals surface area contributed by atoms with Crippen LogP contribution in [0, 0.1) is 0 Å². The van der Waals surface area contributed by atoms with Gasteiger partial charge < -0.3 is 10.6 Å². The Hall–Kier alpha value is -0.440. The summed E-state index contributed by atoms with van der Waals surface area (Å²) in [6.45, 7) is 4.81. The van der Waals surface area contributed by atoms with Crippen molar-refractivity contribution >= 4 is 41.7 Å². The van der Waals surface area contributed by atoms with E-state index < -0.39 is 0 Å². The maximum absolute atomic E-state index is 4.68. The second kappa shape index (κ2) is 10.3. The molecule has 0 radical (unpaired) electrons. The van der Waals surface area contributed by atoms with Gasteiger partial charge in [0.2, 0.25) is 0 Å². The molecule has 0 aromatic carbocycles. The summed E-state index contributed by atoms with van der Waals surface area (Å²) >= 11 is 2.05. The zero-order valence-electron chi connectivity index (χ0n) is 12.8. The summed E-state index contributed by atoms with van der Waals surface area (Å²) in [5.41, 5.74) is 1.25. The van der Waals surface area contributed by atoms with Crippen LogP contribution in [0.3, 0.4) is 0 Å². The molecule has 2 N–H and O–H groups in total. The quantitative estimate of drug-likeness (QED) is 0.418. The first-order valence-electron chi connectivity index (χ1n) is 7.39. The van der Waals surface area contributed by atoms with E-state index in [1.807, 2.05) is 17.9 Å². The predicted octanol–water partition coefficient (Wildman–Crippen LogP) is 2.03. The summed E-state index contributed by atoms with van der Waals surface area (Å²) in [5, 5.41) is 11.6. The summed E-state index contributed by atoms with van der Waals surface area (Å²) in [6.07, 6.45) is 7.59. The fourth-order valence-electron chi connectivity index (χ4n) is 2.25. The number of nitrogens with one attached hydrogen (secondary N) is 2. The van der Waals surface area contributed by atoms with Crippen molar-refractivity contribution in [2.75, 3.05) is 25.4 Å². The molecule has 1 saturated heterocycles. The Balaban J connectivity index is 0.00000220. The van der Waals surface area contributed by atoms with Crippen LogP contribution in [0.1, 0.15) is 25.3 Å². The van der Waals surface area contributed by atoms with E-state index in [-0.39, 0.29) is 24.0 Å². The van der Waals surface area contributed by atoms with Crippen LogP contribution >= 0.6 is 35.7 Å². The van der Waals surface area contributed by atoms with Gasteiger partial charge in [-0.15, -0.1) is 24.0 Å². The van der Waals surface area contributed by atoms with Crippen molar-refractivity contribution in [1.82, 2.24) is 20.4 Å². The van der Waals surface area contributed by atoms with Gasteiger partial charge in [-0.2, -0.15) is 16.9 Å². The van der Waals surface area contributed by atoms with E-state index in [2.05, 4.69) is 45.6 Å². The molecule has 1 fully saturated rings. The summed E-state index contributed by atoms with van der Waals surface area (Å²) in [7, 11) is 1.95. The predicted molar refractivity (Wildman–Crippen MR) is 102 cm³/mol. The number of rotatable bonds is 6. The molecule has 0 bridgehead atoms. The lowest BCUT2D eigenvalue weighted by atomic mass is 10.2. The molecule has 2 rings (SSSR count). The van der Waals surface area contributed by atoms with Gasteiger partial charge in [0.05, 0.1) is 12.7 Å². The van der Waals surface area contributed by atoms with Gasteiger partial charge in [-0.3, -0.25) is 9.67 Å². The van der Waals surface area contributed by atoms with Gasteiger partial charge in [-0.1, -0.05) is 0 Å². The van der Waals surface area contributed by atoms with E-state index >= 15 is 0 Å². The third-order valence-electron chi connectivity index (χ3n) is 3.29.